The molecule has 2 atom stereocenters. The Bertz CT molecular complexity index is 361. The van der Waals surface area contributed by atoms with Crippen LogP contribution in [0.3, 0.4) is 0 Å². The van der Waals surface area contributed by atoms with E-state index >= 15 is 0 Å². The molecule has 0 aromatic rings. The number of amides is 2. The fourth-order valence-electron chi connectivity index (χ4n) is 2.48. The second-order valence-corrected chi connectivity index (χ2v) is 4.66. The highest BCUT2D eigenvalue weighted by Crippen LogP contribution is 2.21. The van der Waals surface area contributed by atoms with Crippen LogP contribution in [0.5, 0.6) is 0 Å². The van der Waals surface area contributed by atoms with Gasteiger partial charge in [-0.25, -0.2) is 0 Å². The van der Waals surface area contributed by atoms with Crippen LogP contribution in [0, 0.1) is 0 Å². The van der Waals surface area contributed by atoms with Crippen LogP contribution in [0.4, 0.5) is 0 Å². The molecule has 2 rings (SSSR count). The van der Waals surface area contributed by atoms with Gasteiger partial charge in [-0.15, -0.1) is 0 Å². The number of rotatable bonds is 3. The van der Waals surface area contributed by atoms with Gasteiger partial charge in [-0.2, -0.15) is 0 Å². The standard InChI is InChI=1S/C11H17N3O4/c15-9-6-12-8(5-13-9)11(18)14-3-1-2-7(14)4-10(16)17/h7-8,12H,1-6H2,(H,13,15)(H,16,17). The Kier molecular flexibility index (Phi) is 3.81. The summed E-state index contributed by atoms with van der Waals surface area (Å²) in [7, 11) is 0. The third kappa shape index (κ3) is 2.79. The number of piperazine rings is 1. The zero-order valence-electron chi connectivity index (χ0n) is 10.0. The SMILES string of the molecule is O=C(O)CC1CCCN1C(=O)C1CNC(=O)CN1. The van der Waals surface area contributed by atoms with Gasteiger partial charge in [0.2, 0.25) is 11.8 Å². The Balaban J connectivity index is 1.95. The van der Waals surface area contributed by atoms with E-state index in [1.807, 2.05) is 0 Å². The number of aliphatic carboxylic acids is 1. The summed E-state index contributed by atoms with van der Waals surface area (Å²) in [4.78, 5) is 35.6. The molecule has 18 heavy (non-hydrogen) atoms. The van der Waals surface area contributed by atoms with Crippen molar-refractivity contribution in [2.75, 3.05) is 19.6 Å². The summed E-state index contributed by atoms with van der Waals surface area (Å²) in [5.41, 5.74) is 0. The van der Waals surface area contributed by atoms with E-state index in [0.29, 0.717) is 6.54 Å². The largest absolute Gasteiger partial charge is 0.481 e. The lowest BCUT2D eigenvalue weighted by Crippen LogP contribution is -2.59. The quantitative estimate of drug-likeness (QED) is 0.572. The lowest BCUT2D eigenvalue weighted by molar-refractivity contribution is -0.140. The molecule has 2 heterocycles. The van der Waals surface area contributed by atoms with Crippen LogP contribution in [0.15, 0.2) is 0 Å². The van der Waals surface area contributed by atoms with Crippen molar-refractivity contribution in [1.82, 2.24) is 15.5 Å². The Morgan fingerprint density at radius 3 is 2.83 bits per heavy atom. The number of nitrogens with zero attached hydrogens (tertiary/aromatic N) is 1. The molecule has 0 aromatic heterocycles. The van der Waals surface area contributed by atoms with Gasteiger partial charge in [0.1, 0.15) is 6.04 Å². The van der Waals surface area contributed by atoms with E-state index in [0.717, 1.165) is 12.8 Å². The maximum Gasteiger partial charge on any atom is 0.305 e. The van der Waals surface area contributed by atoms with E-state index in [1.165, 1.54) is 0 Å². The van der Waals surface area contributed by atoms with Gasteiger partial charge in [0.15, 0.2) is 0 Å². The van der Waals surface area contributed by atoms with Gasteiger partial charge in [0.05, 0.1) is 13.0 Å². The van der Waals surface area contributed by atoms with Crippen molar-refractivity contribution in [3.8, 4) is 0 Å². The van der Waals surface area contributed by atoms with Crippen molar-refractivity contribution in [2.24, 2.45) is 0 Å². The summed E-state index contributed by atoms with van der Waals surface area (Å²) in [6, 6.07) is -0.647. The van der Waals surface area contributed by atoms with Crippen LogP contribution < -0.4 is 10.6 Å². The molecule has 2 saturated heterocycles. The minimum absolute atomic E-state index is 0.00911. The minimum atomic E-state index is -0.885. The normalized spacial score (nSPS) is 28.0. The van der Waals surface area contributed by atoms with Gasteiger partial charge < -0.3 is 15.3 Å². The molecular formula is C11H17N3O4. The van der Waals surface area contributed by atoms with E-state index in [2.05, 4.69) is 10.6 Å². The lowest BCUT2D eigenvalue weighted by atomic mass is 10.1. The molecule has 0 radical (unpaired) electrons. The van der Waals surface area contributed by atoms with Gasteiger partial charge >= 0.3 is 5.97 Å². The first-order chi connectivity index (χ1) is 8.58. The maximum absolute atomic E-state index is 12.2. The second kappa shape index (κ2) is 5.34. The van der Waals surface area contributed by atoms with Crippen molar-refractivity contribution < 1.29 is 19.5 Å². The molecule has 7 nitrogen and oxygen atoms in total. The van der Waals surface area contributed by atoms with Crippen LogP contribution >= 0.6 is 0 Å². The summed E-state index contributed by atoms with van der Waals surface area (Å²) in [5.74, 6) is -1.12. The van der Waals surface area contributed by atoms with Crippen molar-refractivity contribution in [1.29, 1.82) is 0 Å². The minimum Gasteiger partial charge on any atom is -0.481 e. The predicted molar refractivity (Wildman–Crippen MR) is 61.8 cm³/mol. The van der Waals surface area contributed by atoms with Crippen LogP contribution in [0.25, 0.3) is 0 Å². The molecule has 0 bridgehead atoms. The Labute approximate surface area is 105 Å². The van der Waals surface area contributed by atoms with Gasteiger partial charge in [0, 0.05) is 19.1 Å². The predicted octanol–water partition coefficient (Wildman–Crippen LogP) is -1.46. The number of carbonyl (C=O) groups excluding carboxylic acids is 2. The Morgan fingerprint density at radius 1 is 1.44 bits per heavy atom. The summed E-state index contributed by atoms with van der Waals surface area (Å²) in [6.07, 6.45) is 1.56. The summed E-state index contributed by atoms with van der Waals surface area (Å²) < 4.78 is 0. The molecule has 2 unspecified atom stereocenters. The van der Waals surface area contributed by atoms with E-state index in [4.69, 9.17) is 5.11 Å². The molecule has 0 aromatic carbocycles. The van der Waals surface area contributed by atoms with E-state index < -0.39 is 12.0 Å². The second-order valence-electron chi connectivity index (χ2n) is 4.66. The van der Waals surface area contributed by atoms with Crippen LogP contribution in [-0.2, 0) is 14.4 Å². The number of likely N-dealkylation sites (tertiary alicyclic amines) is 1. The molecule has 0 spiro atoms. The monoisotopic (exact) mass is 255 g/mol. The number of carbonyl (C=O) groups is 3. The topological polar surface area (TPSA) is 98.7 Å². The van der Waals surface area contributed by atoms with Crippen LogP contribution in [0.2, 0.25) is 0 Å². The van der Waals surface area contributed by atoms with Crippen molar-refractivity contribution in [3.05, 3.63) is 0 Å². The first-order valence-electron chi connectivity index (χ1n) is 6.10. The Morgan fingerprint density at radius 2 is 2.22 bits per heavy atom. The summed E-state index contributed by atoms with van der Waals surface area (Å²) in [5, 5.41) is 14.3. The number of hydrogen-bond acceptors (Lipinski definition) is 4. The van der Waals surface area contributed by atoms with Gasteiger partial charge in [-0.1, -0.05) is 0 Å². The highest BCUT2D eigenvalue weighted by molar-refractivity contribution is 5.87. The molecule has 2 aliphatic heterocycles. The molecule has 0 aliphatic carbocycles. The van der Waals surface area contributed by atoms with Crippen molar-refractivity contribution in [2.45, 2.75) is 31.3 Å². The first kappa shape index (κ1) is 12.8. The van der Waals surface area contributed by atoms with Crippen molar-refractivity contribution in [3.63, 3.8) is 0 Å². The number of nitrogens with one attached hydrogen (secondary N) is 2. The van der Waals surface area contributed by atoms with Gasteiger partial charge in [-0.3, -0.25) is 19.7 Å². The van der Waals surface area contributed by atoms with E-state index in [9.17, 15) is 14.4 Å². The number of carboxylic acid groups (broad SMARTS) is 1. The first-order valence-corrected chi connectivity index (χ1v) is 6.10. The van der Waals surface area contributed by atoms with Crippen LogP contribution in [-0.4, -0.2) is 59.5 Å². The fraction of sp³-hybridized carbons (Fsp3) is 0.727. The summed E-state index contributed by atoms with van der Waals surface area (Å²) in [6.45, 7) is 1.00. The number of carboxylic acids is 1. The number of hydrogen-bond donors (Lipinski definition) is 3. The maximum atomic E-state index is 12.2. The summed E-state index contributed by atoms with van der Waals surface area (Å²) >= 11 is 0. The highest BCUT2D eigenvalue weighted by Gasteiger charge is 2.35. The smallest absolute Gasteiger partial charge is 0.305 e. The average Bonchev–Trinajstić information content (AvgIpc) is 2.76. The molecule has 0 saturated carbocycles. The lowest BCUT2D eigenvalue weighted by Gasteiger charge is -2.30. The highest BCUT2D eigenvalue weighted by atomic mass is 16.4. The van der Waals surface area contributed by atoms with Gasteiger partial charge in [0.25, 0.3) is 0 Å². The van der Waals surface area contributed by atoms with Crippen LogP contribution in [0.1, 0.15) is 19.3 Å². The third-order valence-electron chi connectivity index (χ3n) is 3.38. The zero-order chi connectivity index (χ0) is 13.1. The third-order valence-corrected chi connectivity index (χ3v) is 3.38. The molecule has 2 fully saturated rings. The average molecular weight is 255 g/mol. The van der Waals surface area contributed by atoms with E-state index in [-0.39, 0.29) is 37.4 Å². The molecular weight excluding hydrogens is 238 g/mol. The molecule has 2 amide bonds. The Hall–Kier alpha value is -1.63. The molecule has 2 aliphatic rings. The fourth-order valence-corrected chi connectivity index (χ4v) is 2.48. The molecule has 100 valence electrons. The zero-order valence-corrected chi connectivity index (χ0v) is 10.0. The van der Waals surface area contributed by atoms with Gasteiger partial charge in [-0.05, 0) is 12.8 Å². The van der Waals surface area contributed by atoms with E-state index in [1.54, 1.807) is 4.90 Å². The molecule has 7 heteroatoms. The van der Waals surface area contributed by atoms with Crippen molar-refractivity contribution >= 4 is 17.8 Å². The molecule has 3 N–H and O–H groups in total.